The highest BCUT2D eigenvalue weighted by Crippen LogP contribution is 2.10. The molecule has 0 saturated carbocycles. The van der Waals surface area contributed by atoms with Gasteiger partial charge in [-0.25, -0.2) is 4.79 Å². The lowest BCUT2D eigenvalue weighted by Gasteiger charge is -2.10. The third-order valence-electron chi connectivity index (χ3n) is 2.20. The van der Waals surface area contributed by atoms with Crippen LogP contribution in [0.1, 0.15) is 5.56 Å². The lowest BCUT2D eigenvalue weighted by Crippen LogP contribution is -2.20. The van der Waals surface area contributed by atoms with E-state index in [0.717, 1.165) is 12.1 Å². The Hall–Kier alpha value is -1.92. The molecule has 0 heterocycles. The zero-order valence-corrected chi connectivity index (χ0v) is 11.0. The summed E-state index contributed by atoms with van der Waals surface area (Å²) in [5, 5.41) is 11.0. The number of carboxylic acids is 1. The summed E-state index contributed by atoms with van der Waals surface area (Å²) in [4.78, 5) is 23.7. The van der Waals surface area contributed by atoms with Crippen molar-refractivity contribution in [3.63, 3.8) is 0 Å². The molecular weight excluding hydrogens is 248 g/mol. The van der Waals surface area contributed by atoms with Gasteiger partial charge in [-0.3, -0.25) is 4.79 Å². The summed E-state index contributed by atoms with van der Waals surface area (Å²) in [5.41, 5.74) is 1.80. The van der Waals surface area contributed by atoms with Gasteiger partial charge in [0.1, 0.15) is 13.2 Å². The van der Waals surface area contributed by atoms with E-state index in [4.69, 9.17) is 5.11 Å². The van der Waals surface area contributed by atoms with Crippen molar-refractivity contribution in [2.24, 2.45) is 0 Å². The van der Waals surface area contributed by atoms with Gasteiger partial charge in [-0.15, -0.1) is 0 Å². The molecule has 0 radical (unpaired) electrons. The summed E-state index contributed by atoms with van der Waals surface area (Å²) in [6.07, 6.45) is 0. The molecule has 0 atom stereocenters. The maximum absolute atomic E-state index is 11.4. The predicted molar refractivity (Wildman–Crippen MR) is 70.9 cm³/mol. The zero-order valence-electron chi connectivity index (χ0n) is 11.0. The summed E-state index contributed by atoms with van der Waals surface area (Å²) >= 11 is 0. The van der Waals surface area contributed by atoms with E-state index in [1.165, 1.54) is 0 Å². The quantitative estimate of drug-likeness (QED) is 0.762. The number of rotatable bonds is 7. The summed E-state index contributed by atoms with van der Waals surface area (Å²) in [7, 11) is 3.96. The van der Waals surface area contributed by atoms with Crippen molar-refractivity contribution in [2.75, 3.05) is 32.6 Å². The largest absolute Gasteiger partial charge is 0.480 e. The summed E-state index contributed by atoms with van der Waals surface area (Å²) < 4.78 is 4.69. The van der Waals surface area contributed by atoms with Gasteiger partial charge in [-0.1, -0.05) is 12.1 Å². The molecule has 0 aliphatic heterocycles. The monoisotopic (exact) mass is 266 g/mol. The molecular formula is C13H18N2O4. The summed E-state index contributed by atoms with van der Waals surface area (Å²) in [6, 6.07) is 7.45. The van der Waals surface area contributed by atoms with Crippen LogP contribution in [0.4, 0.5) is 5.69 Å². The number of hydrogen-bond donors (Lipinski definition) is 2. The Bertz CT molecular complexity index is 429. The first kappa shape index (κ1) is 15.1. The molecule has 6 heteroatoms. The van der Waals surface area contributed by atoms with Crippen LogP contribution in [-0.2, 0) is 20.9 Å². The SMILES string of the molecule is CN(C)Cc1ccc(NC(=O)COCC(=O)O)cc1. The Labute approximate surface area is 112 Å². The molecule has 0 aliphatic rings. The molecule has 0 unspecified atom stereocenters. The van der Waals surface area contributed by atoms with Crippen molar-refractivity contribution in [1.29, 1.82) is 0 Å². The number of nitrogens with zero attached hydrogens (tertiary/aromatic N) is 1. The molecule has 0 fully saturated rings. The van der Waals surface area contributed by atoms with Gasteiger partial charge in [-0.05, 0) is 31.8 Å². The number of nitrogens with one attached hydrogen (secondary N) is 1. The number of carboxylic acid groups (broad SMARTS) is 1. The minimum atomic E-state index is -1.10. The minimum absolute atomic E-state index is 0.272. The predicted octanol–water partition coefficient (Wildman–Crippen LogP) is 0.788. The first-order valence-electron chi connectivity index (χ1n) is 5.80. The molecule has 19 heavy (non-hydrogen) atoms. The first-order chi connectivity index (χ1) is 8.97. The number of hydrogen-bond acceptors (Lipinski definition) is 4. The molecule has 1 aromatic rings. The fraction of sp³-hybridized carbons (Fsp3) is 0.385. The van der Waals surface area contributed by atoms with Gasteiger partial charge in [-0.2, -0.15) is 0 Å². The number of ether oxygens (including phenoxy) is 1. The van der Waals surface area contributed by atoms with E-state index in [0.29, 0.717) is 5.69 Å². The number of carbonyl (C=O) groups excluding carboxylic acids is 1. The average Bonchev–Trinajstić information content (AvgIpc) is 2.30. The second-order valence-electron chi connectivity index (χ2n) is 4.37. The fourth-order valence-electron chi connectivity index (χ4n) is 1.49. The first-order valence-corrected chi connectivity index (χ1v) is 5.80. The van der Waals surface area contributed by atoms with Crippen LogP contribution in [0.2, 0.25) is 0 Å². The molecule has 1 amide bonds. The number of benzene rings is 1. The lowest BCUT2D eigenvalue weighted by molar-refractivity contribution is -0.143. The molecule has 0 aromatic heterocycles. The number of amides is 1. The molecule has 0 saturated heterocycles. The van der Waals surface area contributed by atoms with Gasteiger partial charge in [0.05, 0.1) is 0 Å². The topological polar surface area (TPSA) is 78.9 Å². The molecule has 0 spiro atoms. The Morgan fingerprint density at radius 2 is 1.84 bits per heavy atom. The smallest absolute Gasteiger partial charge is 0.329 e. The van der Waals surface area contributed by atoms with E-state index >= 15 is 0 Å². The van der Waals surface area contributed by atoms with Crippen molar-refractivity contribution >= 4 is 17.6 Å². The Morgan fingerprint density at radius 3 is 2.37 bits per heavy atom. The number of anilines is 1. The number of aliphatic carboxylic acids is 1. The minimum Gasteiger partial charge on any atom is -0.480 e. The second-order valence-corrected chi connectivity index (χ2v) is 4.37. The van der Waals surface area contributed by atoms with Gasteiger partial charge in [0.2, 0.25) is 5.91 Å². The normalized spacial score (nSPS) is 10.5. The Kier molecular flexibility index (Phi) is 5.98. The maximum atomic E-state index is 11.4. The highest BCUT2D eigenvalue weighted by atomic mass is 16.5. The van der Waals surface area contributed by atoms with Crippen molar-refractivity contribution in [1.82, 2.24) is 4.90 Å². The van der Waals surface area contributed by atoms with E-state index in [2.05, 4.69) is 10.1 Å². The fourth-order valence-corrected chi connectivity index (χ4v) is 1.49. The van der Waals surface area contributed by atoms with E-state index in [1.807, 2.05) is 31.1 Å². The Balaban J connectivity index is 2.40. The van der Waals surface area contributed by atoms with Crippen LogP contribution in [0.25, 0.3) is 0 Å². The highest BCUT2D eigenvalue weighted by molar-refractivity contribution is 5.91. The van der Waals surface area contributed by atoms with Crippen LogP contribution in [0, 0.1) is 0 Å². The third kappa shape index (κ3) is 6.54. The molecule has 6 nitrogen and oxygen atoms in total. The van der Waals surface area contributed by atoms with Gasteiger partial charge < -0.3 is 20.1 Å². The van der Waals surface area contributed by atoms with E-state index < -0.39 is 12.6 Å². The van der Waals surface area contributed by atoms with Gasteiger partial charge in [0.15, 0.2) is 0 Å². The molecule has 1 rings (SSSR count). The summed E-state index contributed by atoms with van der Waals surface area (Å²) in [6.45, 7) is 0.0802. The van der Waals surface area contributed by atoms with Gasteiger partial charge in [0.25, 0.3) is 0 Å². The Morgan fingerprint density at radius 1 is 1.21 bits per heavy atom. The summed E-state index contributed by atoms with van der Waals surface area (Å²) in [5.74, 6) is -1.47. The van der Waals surface area contributed by atoms with Crippen LogP contribution >= 0.6 is 0 Å². The molecule has 0 aliphatic carbocycles. The van der Waals surface area contributed by atoms with Crippen molar-refractivity contribution in [2.45, 2.75) is 6.54 Å². The molecule has 104 valence electrons. The lowest BCUT2D eigenvalue weighted by atomic mass is 10.2. The zero-order chi connectivity index (χ0) is 14.3. The molecule has 0 bridgehead atoms. The van der Waals surface area contributed by atoms with E-state index in [9.17, 15) is 9.59 Å². The van der Waals surface area contributed by atoms with Crippen LogP contribution in [-0.4, -0.2) is 49.2 Å². The van der Waals surface area contributed by atoms with Crippen LogP contribution in [0.15, 0.2) is 24.3 Å². The van der Waals surface area contributed by atoms with Gasteiger partial charge in [0, 0.05) is 12.2 Å². The molecule has 1 aromatic carbocycles. The van der Waals surface area contributed by atoms with Crippen molar-refractivity contribution < 1.29 is 19.4 Å². The maximum Gasteiger partial charge on any atom is 0.329 e. The van der Waals surface area contributed by atoms with E-state index in [1.54, 1.807) is 12.1 Å². The van der Waals surface area contributed by atoms with E-state index in [-0.39, 0.29) is 12.5 Å². The second kappa shape index (κ2) is 7.50. The van der Waals surface area contributed by atoms with Gasteiger partial charge >= 0.3 is 5.97 Å². The van der Waals surface area contributed by atoms with Crippen LogP contribution in [0.5, 0.6) is 0 Å². The van der Waals surface area contributed by atoms with Crippen LogP contribution in [0.3, 0.4) is 0 Å². The van der Waals surface area contributed by atoms with Crippen molar-refractivity contribution in [3.05, 3.63) is 29.8 Å². The van der Waals surface area contributed by atoms with Crippen molar-refractivity contribution in [3.8, 4) is 0 Å². The third-order valence-corrected chi connectivity index (χ3v) is 2.20. The highest BCUT2D eigenvalue weighted by Gasteiger charge is 2.04. The standard InChI is InChI=1S/C13H18N2O4/c1-15(2)7-10-3-5-11(6-4-10)14-12(16)8-19-9-13(17)18/h3-6H,7-9H2,1-2H3,(H,14,16)(H,17,18). The number of carbonyl (C=O) groups is 2. The molecule has 2 N–H and O–H groups in total. The van der Waals surface area contributed by atoms with Crippen LogP contribution < -0.4 is 5.32 Å². The average molecular weight is 266 g/mol.